The number of hydrogen-bond acceptors (Lipinski definition) is 1. The van der Waals surface area contributed by atoms with Crippen LogP contribution in [-0.2, 0) is 6.42 Å². The molecule has 94 valence electrons. The van der Waals surface area contributed by atoms with Crippen molar-refractivity contribution in [3.63, 3.8) is 0 Å². The van der Waals surface area contributed by atoms with Crippen molar-refractivity contribution in [1.29, 1.82) is 0 Å². The first-order valence-electron chi connectivity index (χ1n) is 6.21. The monoisotopic (exact) mass is 303 g/mol. The van der Waals surface area contributed by atoms with Gasteiger partial charge in [0.15, 0.2) is 0 Å². The quantitative estimate of drug-likeness (QED) is 0.861. The summed E-state index contributed by atoms with van der Waals surface area (Å²) in [5.41, 5.74) is 5.21. The Morgan fingerprint density at radius 2 is 1.61 bits per heavy atom. The maximum absolute atomic E-state index is 3.54. The number of hydrogen-bond donors (Lipinski definition) is 1. The average Bonchev–Trinajstić information content (AvgIpc) is 2.34. The van der Waals surface area contributed by atoms with E-state index in [0.717, 1.165) is 17.4 Å². The predicted molar refractivity (Wildman–Crippen MR) is 82.3 cm³/mol. The summed E-state index contributed by atoms with van der Waals surface area (Å²) in [4.78, 5) is 0. The molecule has 2 aromatic rings. The first kappa shape index (κ1) is 13.2. The predicted octanol–water partition coefficient (Wildman–Crippen LogP) is 4.72. The molecule has 0 saturated heterocycles. The van der Waals surface area contributed by atoms with Gasteiger partial charge in [0.1, 0.15) is 0 Å². The topological polar surface area (TPSA) is 12.0 Å². The van der Waals surface area contributed by atoms with Gasteiger partial charge >= 0.3 is 0 Å². The van der Waals surface area contributed by atoms with Gasteiger partial charge in [0.25, 0.3) is 0 Å². The molecule has 1 N–H and O–H groups in total. The van der Waals surface area contributed by atoms with Gasteiger partial charge in [-0.15, -0.1) is 0 Å². The molecule has 0 aliphatic heterocycles. The lowest BCUT2D eigenvalue weighted by molar-refractivity contribution is 1.01. The van der Waals surface area contributed by atoms with Crippen molar-refractivity contribution in [1.82, 2.24) is 0 Å². The first-order valence-corrected chi connectivity index (χ1v) is 7.00. The minimum Gasteiger partial charge on any atom is -0.384 e. The Morgan fingerprint density at radius 3 is 2.22 bits per heavy atom. The van der Waals surface area contributed by atoms with Crippen LogP contribution >= 0.6 is 15.9 Å². The van der Waals surface area contributed by atoms with Gasteiger partial charge in [-0.3, -0.25) is 0 Å². The van der Waals surface area contributed by atoms with Crippen LogP contribution in [0.25, 0.3) is 0 Å². The summed E-state index contributed by atoms with van der Waals surface area (Å²) < 4.78 is 1.14. The van der Waals surface area contributed by atoms with Gasteiger partial charge in [0.05, 0.1) is 0 Å². The summed E-state index contributed by atoms with van der Waals surface area (Å²) in [5, 5.41) is 3.54. The van der Waals surface area contributed by atoms with Gasteiger partial charge in [-0.25, -0.2) is 0 Å². The van der Waals surface area contributed by atoms with Crippen molar-refractivity contribution >= 4 is 21.6 Å². The maximum Gasteiger partial charge on any atom is 0.0400 e. The number of nitrogens with one attached hydrogen (secondary N) is 1. The van der Waals surface area contributed by atoms with Crippen LogP contribution in [0.1, 0.15) is 16.7 Å². The highest BCUT2D eigenvalue weighted by molar-refractivity contribution is 9.10. The standard InChI is InChI=1S/C16H18BrN/c1-12-10-15(17)11-13(2)16(12)18-9-8-14-6-4-3-5-7-14/h3-7,10-11,18H,8-9H2,1-2H3. The third-order valence-corrected chi connectivity index (χ3v) is 3.51. The lowest BCUT2D eigenvalue weighted by atomic mass is 10.1. The molecular weight excluding hydrogens is 286 g/mol. The van der Waals surface area contributed by atoms with Crippen LogP contribution in [0.2, 0.25) is 0 Å². The highest BCUT2D eigenvalue weighted by Gasteiger charge is 2.03. The molecule has 0 unspecified atom stereocenters. The molecule has 0 amide bonds. The van der Waals surface area contributed by atoms with Crippen LogP contribution in [-0.4, -0.2) is 6.54 Å². The smallest absolute Gasteiger partial charge is 0.0400 e. The Bertz CT molecular complexity index is 497. The number of anilines is 1. The Hall–Kier alpha value is -1.28. The second-order valence-electron chi connectivity index (χ2n) is 4.58. The zero-order valence-electron chi connectivity index (χ0n) is 10.8. The Morgan fingerprint density at radius 1 is 1.00 bits per heavy atom. The van der Waals surface area contributed by atoms with E-state index < -0.39 is 0 Å². The number of halogens is 1. The molecule has 18 heavy (non-hydrogen) atoms. The van der Waals surface area contributed by atoms with Crippen molar-refractivity contribution in [3.05, 3.63) is 63.6 Å². The minimum atomic E-state index is 0.966. The fourth-order valence-electron chi connectivity index (χ4n) is 2.17. The van der Waals surface area contributed by atoms with Gasteiger partial charge in [-0.1, -0.05) is 46.3 Å². The summed E-state index contributed by atoms with van der Waals surface area (Å²) in [6.07, 6.45) is 1.05. The van der Waals surface area contributed by atoms with Gasteiger partial charge in [-0.2, -0.15) is 0 Å². The fourth-order valence-corrected chi connectivity index (χ4v) is 2.85. The Balaban J connectivity index is 1.99. The summed E-state index contributed by atoms with van der Waals surface area (Å²) in [6.45, 7) is 5.25. The third kappa shape index (κ3) is 3.36. The highest BCUT2D eigenvalue weighted by Crippen LogP contribution is 2.24. The van der Waals surface area contributed by atoms with Crippen molar-refractivity contribution in [2.45, 2.75) is 20.3 Å². The van der Waals surface area contributed by atoms with Crippen molar-refractivity contribution in [3.8, 4) is 0 Å². The molecule has 0 heterocycles. The van der Waals surface area contributed by atoms with Crippen LogP contribution in [0, 0.1) is 13.8 Å². The second kappa shape index (κ2) is 6.05. The third-order valence-electron chi connectivity index (χ3n) is 3.06. The van der Waals surface area contributed by atoms with Crippen molar-refractivity contribution < 1.29 is 0 Å². The summed E-state index contributed by atoms with van der Waals surface area (Å²) in [5.74, 6) is 0. The lowest BCUT2D eigenvalue weighted by Gasteiger charge is -2.13. The SMILES string of the molecule is Cc1cc(Br)cc(C)c1NCCc1ccccc1. The second-order valence-corrected chi connectivity index (χ2v) is 5.49. The molecule has 1 nitrogen and oxygen atoms in total. The summed E-state index contributed by atoms with van der Waals surface area (Å²) >= 11 is 3.52. The molecule has 0 fully saturated rings. The van der Waals surface area contributed by atoms with Crippen molar-refractivity contribution in [2.24, 2.45) is 0 Å². The molecule has 2 heteroatoms. The fraction of sp³-hybridized carbons (Fsp3) is 0.250. The molecule has 0 bridgehead atoms. The van der Waals surface area contributed by atoms with Crippen LogP contribution in [0.5, 0.6) is 0 Å². The largest absolute Gasteiger partial charge is 0.384 e. The van der Waals surface area contributed by atoms with E-state index >= 15 is 0 Å². The van der Waals surface area contributed by atoms with E-state index in [-0.39, 0.29) is 0 Å². The van der Waals surface area contributed by atoms with Crippen LogP contribution in [0.15, 0.2) is 46.9 Å². The van der Waals surface area contributed by atoms with Crippen LogP contribution in [0.3, 0.4) is 0 Å². The molecule has 0 aromatic heterocycles. The van der Waals surface area contributed by atoms with E-state index in [1.165, 1.54) is 22.4 Å². The molecule has 0 atom stereocenters. The number of rotatable bonds is 4. The molecule has 0 aliphatic carbocycles. The van der Waals surface area contributed by atoms with E-state index in [1.807, 2.05) is 0 Å². The van der Waals surface area contributed by atoms with Gasteiger partial charge in [0.2, 0.25) is 0 Å². The van der Waals surface area contributed by atoms with Gasteiger partial charge in [0, 0.05) is 16.7 Å². The number of benzene rings is 2. The molecule has 0 saturated carbocycles. The molecule has 0 radical (unpaired) electrons. The Kier molecular flexibility index (Phi) is 4.43. The van der Waals surface area contributed by atoms with Crippen LogP contribution in [0.4, 0.5) is 5.69 Å². The van der Waals surface area contributed by atoms with E-state index in [1.54, 1.807) is 0 Å². The Labute approximate surface area is 117 Å². The van der Waals surface area contributed by atoms with E-state index in [2.05, 4.69) is 77.6 Å². The number of aryl methyl sites for hydroxylation is 2. The van der Waals surface area contributed by atoms with Crippen molar-refractivity contribution in [2.75, 3.05) is 11.9 Å². The van der Waals surface area contributed by atoms with E-state index in [0.29, 0.717) is 0 Å². The van der Waals surface area contributed by atoms with Gasteiger partial charge < -0.3 is 5.32 Å². The molecule has 0 spiro atoms. The summed E-state index contributed by atoms with van der Waals surface area (Å²) in [7, 11) is 0. The van der Waals surface area contributed by atoms with Crippen LogP contribution < -0.4 is 5.32 Å². The van der Waals surface area contributed by atoms with E-state index in [9.17, 15) is 0 Å². The summed E-state index contributed by atoms with van der Waals surface area (Å²) in [6, 6.07) is 14.9. The van der Waals surface area contributed by atoms with E-state index in [4.69, 9.17) is 0 Å². The highest BCUT2D eigenvalue weighted by atomic mass is 79.9. The lowest BCUT2D eigenvalue weighted by Crippen LogP contribution is -2.07. The molecule has 2 aromatic carbocycles. The van der Waals surface area contributed by atoms with Gasteiger partial charge in [-0.05, 0) is 49.1 Å². The normalized spacial score (nSPS) is 10.4. The zero-order chi connectivity index (χ0) is 13.0. The molecular formula is C16H18BrN. The maximum atomic E-state index is 3.54. The molecule has 0 aliphatic rings. The zero-order valence-corrected chi connectivity index (χ0v) is 12.4. The molecule has 2 rings (SSSR count). The first-order chi connectivity index (χ1) is 8.66. The minimum absolute atomic E-state index is 0.966. The average molecular weight is 304 g/mol.